The Morgan fingerprint density at radius 3 is 2.61 bits per heavy atom. The Bertz CT molecular complexity index is 552. The Labute approximate surface area is 140 Å². The van der Waals surface area contributed by atoms with Crippen LogP contribution in [0.5, 0.6) is 5.75 Å². The maximum absolute atomic E-state index is 5.42. The third kappa shape index (κ3) is 4.27. The molecule has 128 valence electrons. The van der Waals surface area contributed by atoms with Gasteiger partial charge in [-0.05, 0) is 58.2 Å². The average Bonchev–Trinajstić information content (AvgIpc) is 2.52. The molecule has 0 aliphatic carbocycles. The molecule has 1 aliphatic rings. The van der Waals surface area contributed by atoms with Crippen molar-refractivity contribution in [2.24, 2.45) is 0 Å². The van der Waals surface area contributed by atoms with Crippen LogP contribution in [0.15, 0.2) is 24.3 Å². The number of benzene rings is 1. The lowest BCUT2D eigenvalue weighted by atomic mass is 9.88. The summed E-state index contributed by atoms with van der Waals surface area (Å²) in [7, 11) is 1.72. The highest BCUT2D eigenvalue weighted by atomic mass is 17.2. The number of allylic oxidation sites excluding steroid dienone is 1. The number of fused-ring (bicyclic) bond motifs is 1. The molecule has 1 aromatic rings. The van der Waals surface area contributed by atoms with E-state index in [0.29, 0.717) is 13.2 Å². The van der Waals surface area contributed by atoms with Crippen molar-refractivity contribution < 1.29 is 14.5 Å². The quantitative estimate of drug-likeness (QED) is 0.402. The zero-order chi connectivity index (χ0) is 16.9. The van der Waals surface area contributed by atoms with E-state index >= 15 is 0 Å². The highest BCUT2D eigenvalue weighted by Crippen LogP contribution is 2.40. The number of rotatable bonds is 8. The molecular formula is C19H29NO3. The maximum atomic E-state index is 5.42. The van der Waals surface area contributed by atoms with Gasteiger partial charge in [-0.2, -0.15) is 0 Å². The molecule has 1 heterocycles. The summed E-state index contributed by atoms with van der Waals surface area (Å²) < 4.78 is 5.42. The summed E-state index contributed by atoms with van der Waals surface area (Å²) in [5.41, 5.74) is 3.85. The Hall–Kier alpha value is -1.52. The fourth-order valence-corrected chi connectivity index (χ4v) is 3.17. The van der Waals surface area contributed by atoms with Crippen LogP contribution in [0.4, 0.5) is 5.69 Å². The summed E-state index contributed by atoms with van der Waals surface area (Å²) in [6.45, 7) is 10.8. The zero-order valence-electron chi connectivity index (χ0n) is 15.0. The van der Waals surface area contributed by atoms with Crippen molar-refractivity contribution in [3.05, 3.63) is 29.8 Å². The van der Waals surface area contributed by atoms with Gasteiger partial charge in [0.25, 0.3) is 0 Å². The van der Waals surface area contributed by atoms with Crippen molar-refractivity contribution in [3.8, 4) is 5.75 Å². The first-order valence-electron chi connectivity index (χ1n) is 8.39. The summed E-state index contributed by atoms with van der Waals surface area (Å²) in [6.07, 6.45) is 4.38. The van der Waals surface area contributed by atoms with Crippen molar-refractivity contribution in [1.82, 2.24) is 0 Å². The van der Waals surface area contributed by atoms with E-state index in [2.05, 4.69) is 43.9 Å². The summed E-state index contributed by atoms with van der Waals surface area (Å²) in [5.74, 6) is 0.902. The van der Waals surface area contributed by atoms with E-state index in [1.54, 1.807) is 7.11 Å². The van der Waals surface area contributed by atoms with Crippen molar-refractivity contribution in [2.45, 2.75) is 46.1 Å². The van der Waals surface area contributed by atoms with Gasteiger partial charge < -0.3 is 9.64 Å². The van der Waals surface area contributed by atoms with Crippen LogP contribution in [0.25, 0.3) is 5.57 Å². The zero-order valence-corrected chi connectivity index (χ0v) is 15.0. The van der Waals surface area contributed by atoms with E-state index in [4.69, 9.17) is 14.5 Å². The van der Waals surface area contributed by atoms with Gasteiger partial charge >= 0.3 is 0 Å². The van der Waals surface area contributed by atoms with Crippen LogP contribution in [0.1, 0.15) is 46.1 Å². The van der Waals surface area contributed by atoms with Gasteiger partial charge in [-0.3, -0.25) is 0 Å². The molecule has 0 bridgehead atoms. The second-order valence-electron chi connectivity index (χ2n) is 6.45. The average molecular weight is 319 g/mol. The minimum Gasteiger partial charge on any atom is -0.497 e. The first kappa shape index (κ1) is 17.8. The molecule has 4 heteroatoms. The minimum absolute atomic E-state index is 0.00970. The first-order valence-corrected chi connectivity index (χ1v) is 8.39. The number of methoxy groups -OCH3 is 1. The molecule has 4 nitrogen and oxygen atoms in total. The van der Waals surface area contributed by atoms with Gasteiger partial charge in [0.15, 0.2) is 0 Å². The molecule has 0 spiro atoms. The third-order valence-corrected chi connectivity index (χ3v) is 4.25. The van der Waals surface area contributed by atoms with Gasteiger partial charge in [0, 0.05) is 23.9 Å². The molecule has 2 rings (SSSR count). The largest absolute Gasteiger partial charge is 0.497 e. The number of hydrogen-bond acceptors (Lipinski definition) is 4. The van der Waals surface area contributed by atoms with Gasteiger partial charge in [-0.1, -0.05) is 6.08 Å². The third-order valence-electron chi connectivity index (χ3n) is 4.25. The van der Waals surface area contributed by atoms with Crippen LogP contribution >= 0.6 is 0 Å². The molecule has 0 unspecified atom stereocenters. The van der Waals surface area contributed by atoms with Gasteiger partial charge in [0.05, 0.1) is 25.9 Å². The molecule has 23 heavy (non-hydrogen) atoms. The van der Waals surface area contributed by atoms with Crippen molar-refractivity contribution in [3.63, 3.8) is 0 Å². The number of ether oxygens (including phenoxy) is 1. The number of nitrogens with zero attached hydrogens (tertiary/aromatic N) is 1. The molecule has 0 N–H and O–H groups in total. The van der Waals surface area contributed by atoms with Crippen LogP contribution in [0.3, 0.4) is 0 Å². The van der Waals surface area contributed by atoms with Gasteiger partial charge in [-0.15, -0.1) is 0 Å². The van der Waals surface area contributed by atoms with Gasteiger partial charge in [-0.25, -0.2) is 9.78 Å². The Balaban J connectivity index is 2.11. The van der Waals surface area contributed by atoms with E-state index in [0.717, 1.165) is 25.1 Å². The standard InChI is InChI=1S/C19H29NO3/c1-6-22-23-12-8-7-11-20-18-13-16(21-5)9-10-17(18)15(2)14-19(20,3)4/h9-10,13-14H,6-8,11-12H2,1-5H3. The monoisotopic (exact) mass is 319 g/mol. The fourth-order valence-electron chi connectivity index (χ4n) is 3.17. The highest BCUT2D eigenvalue weighted by molar-refractivity contribution is 5.82. The topological polar surface area (TPSA) is 30.9 Å². The fraction of sp³-hybridized carbons (Fsp3) is 0.579. The second-order valence-corrected chi connectivity index (χ2v) is 6.45. The molecule has 0 aromatic heterocycles. The van der Waals surface area contributed by atoms with Crippen LogP contribution < -0.4 is 9.64 Å². The SMILES string of the molecule is CCOOCCCCN1c2cc(OC)ccc2C(C)=CC1(C)C. The van der Waals surface area contributed by atoms with Gasteiger partial charge in [0.1, 0.15) is 5.75 Å². The lowest BCUT2D eigenvalue weighted by Crippen LogP contribution is -2.45. The van der Waals surface area contributed by atoms with Crippen LogP contribution in [-0.4, -0.2) is 32.4 Å². The normalized spacial score (nSPS) is 16.0. The maximum Gasteiger partial charge on any atom is 0.120 e. The number of hydrogen-bond donors (Lipinski definition) is 0. The van der Waals surface area contributed by atoms with Crippen LogP contribution in [0, 0.1) is 0 Å². The predicted octanol–water partition coefficient (Wildman–Crippen LogP) is 4.45. The summed E-state index contributed by atoms with van der Waals surface area (Å²) in [5, 5.41) is 0. The van der Waals surface area contributed by atoms with Crippen molar-refractivity contribution in [1.29, 1.82) is 0 Å². The van der Waals surface area contributed by atoms with Crippen molar-refractivity contribution in [2.75, 3.05) is 31.8 Å². The number of unbranched alkanes of at least 4 members (excludes halogenated alkanes) is 1. The molecule has 1 aliphatic heterocycles. The lowest BCUT2D eigenvalue weighted by Gasteiger charge is -2.43. The molecule has 0 saturated carbocycles. The van der Waals surface area contributed by atoms with E-state index in [-0.39, 0.29) is 5.54 Å². The smallest absolute Gasteiger partial charge is 0.120 e. The lowest BCUT2D eigenvalue weighted by molar-refractivity contribution is -0.291. The van der Waals surface area contributed by atoms with E-state index < -0.39 is 0 Å². The Morgan fingerprint density at radius 1 is 1.13 bits per heavy atom. The second kappa shape index (κ2) is 7.84. The Morgan fingerprint density at radius 2 is 1.91 bits per heavy atom. The Kier molecular flexibility index (Phi) is 6.08. The van der Waals surface area contributed by atoms with Crippen molar-refractivity contribution >= 4 is 11.3 Å². The molecule has 1 aromatic carbocycles. The van der Waals surface area contributed by atoms with E-state index in [1.165, 1.54) is 16.8 Å². The van der Waals surface area contributed by atoms with Crippen LogP contribution in [0.2, 0.25) is 0 Å². The van der Waals surface area contributed by atoms with E-state index in [9.17, 15) is 0 Å². The number of anilines is 1. The minimum atomic E-state index is -0.00970. The molecule has 0 radical (unpaired) electrons. The molecule has 0 amide bonds. The summed E-state index contributed by atoms with van der Waals surface area (Å²) >= 11 is 0. The van der Waals surface area contributed by atoms with Crippen LogP contribution in [-0.2, 0) is 9.78 Å². The molecule has 0 fully saturated rings. The van der Waals surface area contributed by atoms with E-state index in [1.807, 2.05) is 13.0 Å². The first-order chi connectivity index (χ1) is 11.0. The molecule has 0 saturated heterocycles. The summed E-state index contributed by atoms with van der Waals surface area (Å²) in [6, 6.07) is 6.33. The molecule has 0 atom stereocenters. The predicted molar refractivity (Wildman–Crippen MR) is 94.9 cm³/mol. The summed E-state index contributed by atoms with van der Waals surface area (Å²) in [4.78, 5) is 12.5. The molecular weight excluding hydrogens is 290 g/mol. The highest BCUT2D eigenvalue weighted by Gasteiger charge is 2.31. The van der Waals surface area contributed by atoms with Gasteiger partial charge in [0.2, 0.25) is 0 Å².